The van der Waals surface area contributed by atoms with E-state index in [-0.39, 0.29) is 0 Å². The molecule has 1 N–H and O–H groups in total. The lowest BCUT2D eigenvalue weighted by Gasteiger charge is -2.22. The van der Waals surface area contributed by atoms with Crippen LogP contribution in [0.4, 0.5) is 11.5 Å². The molecule has 1 aliphatic heterocycles. The lowest BCUT2D eigenvalue weighted by molar-refractivity contribution is 0.0662. The van der Waals surface area contributed by atoms with Crippen LogP contribution in [0.2, 0.25) is 0 Å². The summed E-state index contributed by atoms with van der Waals surface area (Å²) in [6.45, 7) is 1.61. The molecule has 0 aromatic carbocycles. The minimum Gasteiger partial charge on any atom is -0.381 e. The first-order valence-corrected chi connectivity index (χ1v) is 9.53. The number of rotatable bonds is 4. The summed E-state index contributed by atoms with van der Waals surface area (Å²) in [5.41, 5.74) is 4.27. The number of aryl methyl sites for hydroxylation is 1. The number of pyridine rings is 2. The average molecular weight is 374 g/mol. The fourth-order valence-corrected chi connectivity index (χ4v) is 3.79. The highest BCUT2D eigenvalue weighted by Crippen LogP contribution is 2.28. The second kappa shape index (κ2) is 7.09. The van der Waals surface area contributed by atoms with Gasteiger partial charge in [-0.15, -0.1) is 0 Å². The minimum atomic E-state index is 0.412. The summed E-state index contributed by atoms with van der Waals surface area (Å²) in [5, 5.41) is 9.00. The molecule has 0 radical (unpaired) electrons. The number of anilines is 2. The summed E-state index contributed by atoms with van der Waals surface area (Å²) in [6, 6.07) is 8.65. The zero-order valence-electron chi connectivity index (χ0n) is 15.7. The van der Waals surface area contributed by atoms with Gasteiger partial charge in [0.05, 0.1) is 29.1 Å². The van der Waals surface area contributed by atoms with E-state index in [1.807, 2.05) is 35.5 Å². The van der Waals surface area contributed by atoms with Gasteiger partial charge in [-0.2, -0.15) is 5.10 Å². The van der Waals surface area contributed by atoms with E-state index in [1.54, 1.807) is 6.20 Å². The molecule has 0 aliphatic carbocycles. The molecule has 5 rings (SSSR count). The topological polar surface area (TPSA) is 69.8 Å². The normalized spacial score (nSPS) is 15.2. The smallest absolute Gasteiger partial charge is 0.132 e. The first-order valence-electron chi connectivity index (χ1n) is 9.53. The molecule has 5 heterocycles. The van der Waals surface area contributed by atoms with Crippen molar-refractivity contribution in [3.05, 3.63) is 55.2 Å². The highest BCUT2D eigenvalue weighted by molar-refractivity contribution is 5.88. The first kappa shape index (κ1) is 16.9. The van der Waals surface area contributed by atoms with Crippen LogP contribution in [-0.2, 0) is 11.8 Å². The molecule has 4 aromatic heterocycles. The SMILES string of the molecule is Cn1c(-c2cccnc2)cc2cnc(Nc3cnn(C4CCOCC4)c3)cc21. The van der Waals surface area contributed by atoms with Gasteiger partial charge in [-0.1, -0.05) is 0 Å². The molecule has 1 fully saturated rings. The maximum atomic E-state index is 5.44. The third-order valence-corrected chi connectivity index (χ3v) is 5.32. The number of fused-ring (bicyclic) bond motifs is 1. The van der Waals surface area contributed by atoms with Crippen molar-refractivity contribution in [2.24, 2.45) is 7.05 Å². The van der Waals surface area contributed by atoms with E-state index in [9.17, 15) is 0 Å². The van der Waals surface area contributed by atoms with Crippen molar-refractivity contribution in [2.75, 3.05) is 18.5 Å². The molecule has 7 heteroatoms. The van der Waals surface area contributed by atoms with Gasteiger partial charge in [-0.05, 0) is 31.0 Å². The Hall–Kier alpha value is -3.19. The van der Waals surface area contributed by atoms with Crippen molar-refractivity contribution < 1.29 is 4.74 Å². The van der Waals surface area contributed by atoms with E-state index >= 15 is 0 Å². The second-order valence-electron chi connectivity index (χ2n) is 7.14. The zero-order valence-corrected chi connectivity index (χ0v) is 15.7. The molecule has 7 nitrogen and oxygen atoms in total. The predicted octanol–water partition coefficient (Wildman–Crippen LogP) is 3.93. The summed E-state index contributed by atoms with van der Waals surface area (Å²) in [4.78, 5) is 8.80. The molecule has 0 atom stereocenters. The molecule has 0 spiro atoms. The molecule has 142 valence electrons. The van der Waals surface area contributed by atoms with E-state index in [0.717, 1.165) is 59.7 Å². The van der Waals surface area contributed by atoms with E-state index in [2.05, 4.69) is 50.2 Å². The Balaban J connectivity index is 1.41. The van der Waals surface area contributed by atoms with Crippen LogP contribution in [0.25, 0.3) is 22.2 Å². The highest BCUT2D eigenvalue weighted by Gasteiger charge is 2.16. The molecular formula is C21H22N6O. The maximum absolute atomic E-state index is 5.44. The van der Waals surface area contributed by atoms with Crippen LogP contribution in [0, 0.1) is 0 Å². The van der Waals surface area contributed by atoms with Gasteiger partial charge in [0.15, 0.2) is 0 Å². The van der Waals surface area contributed by atoms with Crippen LogP contribution in [0.5, 0.6) is 0 Å². The van der Waals surface area contributed by atoms with E-state index in [4.69, 9.17) is 4.74 Å². The van der Waals surface area contributed by atoms with Crippen molar-refractivity contribution in [1.82, 2.24) is 24.3 Å². The Morgan fingerprint density at radius 3 is 2.86 bits per heavy atom. The summed E-state index contributed by atoms with van der Waals surface area (Å²) in [6.07, 6.45) is 11.5. The second-order valence-corrected chi connectivity index (χ2v) is 7.14. The van der Waals surface area contributed by atoms with E-state index < -0.39 is 0 Å². The van der Waals surface area contributed by atoms with Crippen LogP contribution in [0.15, 0.2) is 55.2 Å². The van der Waals surface area contributed by atoms with Gasteiger partial charge in [0, 0.05) is 62.1 Å². The molecule has 28 heavy (non-hydrogen) atoms. The van der Waals surface area contributed by atoms with Crippen LogP contribution >= 0.6 is 0 Å². The van der Waals surface area contributed by atoms with Gasteiger partial charge in [-0.25, -0.2) is 4.98 Å². The van der Waals surface area contributed by atoms with Crippen molar-refractivity contribution in [1.29, 1.82) is 0 Å². The predicted molar refractivity (Wildman–Crippen MR) is 109 cm³/mol. The molecule has 0 bridgehead atoms. The quantitative estimate of drug-likeness (QED) is 0.586. The molecular weight excluding hydrogens is 352 g/mol. The number of aromatic nitrogens is 5. The molecule has 1 saturated heterocycles. The number of nitrogens with one attached hydrogen (secondary N) is 1. The number of ether oxygens (including phenoxy) is 1. The van der Waals surface area contributed by atoms with Crippen LogP contribution < -0.4 is 5.32 Å². The zero-order chi connectivity index (χ0) is 18.9. The lowest BCUT2D eigenvalue weighted by Crippen LogP contribution is -2.19. The van der Waals surface area contributed by atoms with Crippen molar-refractivity contribution in [3.8, 4) is 11.3 Å². The number of nitrogens with zero attached hydrogens (tertiary/aromatic N) is 5. The Bertz CT molecular complexity index is 1090. The van der Waals surface area contributed by atoms with Gasteiger partial charge in [0.2, 0.25) is 0 Å². The van der Waals surface area contributed by atoms with Crippen LogP contribution in [-0.4, -0.2) is 37.5 Å². The highest BCUT2D eigenvalue weighted by atomic mass is 16.5. The lowest BCUT2D eigenvalue weighted by atomic mass is 10.1. The summed E-state index contributed by atoms with van der Waals surface area (Å²) < 4.78 is 9.64. The van der Waals surface area contributed by atoms with Gasteiger partial charge in [-0.3, -0.25) is 9.67 Å². The summed E-state index contributed by atoms with van der Waals surface area (Å²) in [5.74, 6) is 0.804. The molecule has 1 aliphatic rings. The van der Waals surface area contributed by atoms with Crippen molar-refractivity contribution in [2.45, 2.75) is 18.9 Å². The minimum absolute atomic E-state index is 0.412. The fourth-order valence-electron chi connectivity index (χ4n) is 3.79. The molecule has 0 amide bonds. The van der Waals surface area contributed by atoms with Gasteiger partial charge in [0.25, 0.3) is 0 Å². The third kappa shape index (κ3) is 3.14. The maximum Gasteiger partial charge on any atom is 0.132 e. The Morgan fingerprint density at radius 2 is 2.04 bits per heavy atom. The standard InChI is InChI=1S/C21H22N6O/c1-26-19(15-3-2-6-22-11-15)9-16-12-23-21(10-20(16)26)25-17-13-24-27(14-17)18-4-7-28-8-5-18/h2-3,6,9-14,18H,4-5,7-8H2,1H3,(H,23,25). The third-order valence-electron chi connectivity index (χ3n) is 5.32. The number of hydrogen-bond donors (Lipinski definition) is 1. The number of hydrogen-bond acceptors (Lipinski definition) is 5. The van der Waals surface area contributed by atoms with E-state index in [1.165, 1.54) is 0 Å². The summed E-state index contributed by atoms with van der Waals surface area (Å²) in [7, 11) is 2.07. The van der Waals surface area contributed by atoms with Crippen LogP contribution in [0.3, 0.4) is 0 Å². The van der Waals surface area contributed by atoms with Crippen LogP contribution in [0.1, 0.15) is 18.9 Å². The first-order chi connectivity index (χ1) is 13.8. The van der Waals surface area contributed by atoms with Gasteiger partial charge < -0.3 is 14.6 Å². The Labute approximate surface area is 163 Å². The van der Waals surface area contributed by atoms with E-state index in [0.29, 0.717) is 6.04 Å². The van der Waals surface area contributed by atoms with Gasteiger partial charge >= 0.3 is 0 Å². The molecule has 0 saturated carbocycles. The Kier molecular flexibility index (Phi) is 4.29. The summed E-state index contributed by atoms with van der Waals surface area (Å²) >= 11 is 0. The van der Waals surface area contributed by atoms with Gasteiger partial charge in [0.1, 0.15) is 5.82 Å². The Morgan fingerprint density at radius 1 is 1.14 bits per heavy atom. The largest absolute Gasteiger partial charge is 0.381 e. The molecule has 0 unspecified atom stereocenters. The van der Waals surface area contributed by atoms with Crippen molar-refractivity contribution in [3.63, 3.8) is 0 Å². The fraction of sp³-hybridized carbons (Fsp3) is 0.286. The van der Waals surface area contributed by atoms with Crippen molar-refractivity contribution >= 4 is 22.4 Å². The average Bonchev–Trinajstić information content (AvgIpc) is 3.34. The monoisotopic (exact) mass is 374 g/mol. The molecule has 4 aromatic rings.